The monoisotopic (exact) mass is 251 g/mol. The van der Waals surface area contributed by atoms with Crippen LogP contribution in [0.3, 0.4) is 0 Å². The summed E-state index contributed by atoms with van der Waals surface area (Å²) in [5, 5.41) is 8.98. The average molecular weight is 251 g/mol. The lowest BCUT2D eigenvalue weighted by Crippen LogP contribution is -2.37. The molecule has 1 fully saturated rings. The molecule has 0 saturated carbocycles. The molecule has 0 unspecified atom stereocenters. The van der Waals surface area contributed by atoms with Crippen LogP contribution < -0.4 is 4.90 Å². The van der Waals surface area contributed by atoms with E-state index in [9.17, 15) is 4.79 Å². The normalized spacial score (nSPS) is 16.9. The summed E-state index contributed by atoms with van der Waals surface area (Å²) in [6, 6.07) is 1.48. The molecule has 1 aliphatic rings. The molecule has 0 aromatic carbocycles. The number of rotatable bonds is 3. The second-order valence-corrected chi connectivity index (χ2v) is 4.42. The Morgan fingerprint density at radius 1 is 1.44 bits per heavy atom. The van der Waals surface area contributed by atoms with E-state index in [-0.39, 0.29) is 11.8 Å². The predicted molar refractivity (Wildman–Crippen MR) is 66.0 cm³/mol. The van der Waals surface area contributed by atoms with Gasteiger partial charge < -0.3 is 14.7 Å². The number of piperidine rings is 1. The number of anilines is 1. The van der Waals surface area contributed by atoms with Crippen LogP contribution in [0.4, 0.5) is 5.95 Å². The summed E-state index contributed by atoms with van der Waals surface area (Å²) in [7, 11) is 1.71. The summed E-state index contributed by atoms with van der Waals surface area (Å²) in [6.45, 7) is 3.36. The highest BCUT2D eigenvalue weighted by Gasteiger charge is 2.21. The second kappa shape index (κ2) is 5.30. The maximum Gasteiger partial charge on any atom is 0.354 e. The van der Waals surface area contributed by atoms with Crippen molar-refractivity contribution < 1.29 is 14.6 Å². The molecule has 0 radical (unpaired) electrons. The molecule has 2 rings (SSSR count). The molecule has 2 heterocycles. The summed E-state index contributed by atoms with van der Waals surface area (Å²) in [5.74, 6) is -0.518. The number of nitrogens with zero attached hydrogens (tertiary/aromatic N) is 3. The Bertz CT molecular complexity index is 442. The summed E-state index contributed by atoms with van der Waals surface area (Å²) in [6.07, 6.45) is 2.11. The number of hydrogen-bond acceptors (Lipinski definition) is 5. The Morgan fingerprint density at radius 2 is 2.11 bits per heavy atom. The van der Waals surface area contributed by atoms with Crippen LogP contribution in [0, 0.1) is 6.92 Å². The maximum absolute atomic E-state index is 11.0. The zero-order valence-corrected chi connectivity index (χ0v) is 10.6. The van der Waals surface area contributed by atoms with Crippen LogP contribution in [0.5, 0.6) is 0 Å². The van der Waals surface area contributed by atoms with Crippen LogP contribution in [0.25, 0.3) is 0 Å². The Labute approximate surface area is 106 Å². The number of carboxylic acids is 1. The third-order valence-electron chi connectivity index (χ3n) is 3.12. The third kappa shape index (κ3) is 2.76. The highest BCUT2D eigenvalue weighted by Crippen LogP contribution is 2.18. The molecular formula is C12H17N3O3. The molecule has 1 saturated heterocycles. The molecular weight excluding hydrogens is 234 g/mol. The minimum absolute atomic E-state index is 0.0476. The van der Waals surface area contributed by atoms with Gasteiger partial charge in [0.25, 0.3) is 0 Å². The van der Waals surface area contributed by atoms with Gasteiger partial charge in [0.1, 0.15) is 0 Å². The van der Waals surface area contributed by atoms with Crippen molar-refractivity contribution in [1.29, 1.82) is 0 Å². The van der Waals surface area contributed by atoms with Crippen molar-refractivity contribution >= 4 is 11.9 Å². The lowest BCUT2D eigenvalue weighted by Gasteiger charge is -2.31. The zero-order valence-electron chi connectivity index (χ0n) is 10.6. The van der Waals surface area contributed by atoms with E-state index in [0.717, 1.165) is 25.9 Å². The fraction of sp³-hybridized carbons (Fsp3) is 0.583. The highest BCUT2D eigenvalue weighted by molar-refractivity contribution is 5.85. The Morgan fingerprint density at radius 3 is 2.67 bits per heavy atom. The zero-order chi connectivity index (χ0) is 13.1. The van der Waals surface area contributed by atoms with Crippen molar-refractivity contribution in [2.45, 2.75) is 25.9 Å². The second-order valence-electron chi connectivity index (χ2n) is 4.42. The number of methoxy groups -OCH3 is 1. The number of ether oxygens (including phenoxy) is 1. The molecule has 0 spiro atoms. The van der Waals surface area contributed by atoms with Gasteiger partial charge >= 0.3 is 5.97 Å². The Hall–Kier alpha value is -1.69. The number of aromatic nitrogens is 2. The van der Waals surface area contributed by atoms with Gasteiger partial charge in [-0.25, -0.2) is 14.8 Å². The molecule has 18 heavy (non-hydrogen) atoms. The van der Waals surface area contributed by atoms with Crippen LogP contribution >= 0.6 is 0 Å². The van der Waals surface area contributed by atoms with Crippen molar-refractivity contribution in [2.24, 2.45) is 0 Å². The molecule has 6 heteroatoms. The number of carboxylic acid groups (broad SMARTS) is 1. The predicted octanol–water partition coefficient (Wildman–Crippen LogP) is 1.10. The fourth-order valence-corrected chi connectivity index (χ4v) is 2.10. The molecule has 0 bridgehead atoms. The van der Waals surface area contributed by atoms with Crippen molar-refractivity contribution in [3.8, 4) is 0 Å². The Kier molecular flexibility index (Phi) is 3.76. The number of aromatic carboxylic acids is 1. The first-order valence-electron chi connectivity index (χ1n) is 5.97. The van der Waals surface area contributed by atoms with Crippen LogP contribution in [0.1, 0.15) is 29.0 Å². The van der Waals surface area contributed by atoms with Gasteiger partial charge in [-0.3, -0.25) is 0 Å². The van der Waals surface area contributed by atoms with Crippen molar-refractivity contribution in [2.75, 3.05) is 25.1 Å². The van der Waals surface area contributed by atoms with Crippen LogP contribution in [0.2, 0.25) is 0 Å². The summed E-state index contributed by atoms with van der Waals surface area (Å²) < 4.78 is 5.30. The summed E-state index contributed by atoms with van der Waals surface area (Å²) in [4.78, 5) is 21.4. The quantitative estimate of drug-likeness (QED) is 0.867. The van der Waals surface area contributed by atoms with Crippen molar-refractivity contribution in [3.63, 3.8) is 0 Å². The lowest BCUT2D eigenvalue weighted by atomic mass is 10.1. The fourth-order valence-electron chi connectivity index (χ4n) is 2.10. The molecule has 0 aliphatic carbocycles. The SMILES string of the molecule is COC1CCN(c2nc(C)cc(C(=O)O)n2)CC1. The highest BCUT2D eigenvalue weighted by atomic mass is 16.5. The molecule has 0 amide bonds. The third-order valence-corrected chi connectivity index (χ3v) is 3.12. The van der Waals surface area contributed by atoms with Gasteiger partial charge in [-0.2, -0.15) is 0 Å². The largest absolute Gasteiger partial charge is 0.477 e. The molecule has 98 valence electrons. The molecule has 0 atom stereocenters. The molecule has 1 aromatic heterocycles. The van der Waals surface area contributed by atoms with Gasteiger partial charge in [-0.15, -0.1) is 0 Å². The van der Waals surface area contributed by atoms with E-state index in [1.54, 1.807) is 14.0 Å². The van der Waals surface area contributed by atoms with Gasteiger partial charge in [0.05, 0.1) is 6.10 Å². The van der Waals surface area contributed by atoms with Gasteiger partial charge in [0.15, 0.2) is 5.69 Å². The van der Waals surface area contributed by atoms with E-state index in [4.69, 9.17) is 9.84 Å². The summed E-state index contributed by atoms with van der Waals surface area (Å²) >= 11 is 0. The summed E-state index contributed by atoms with van der Waals surface area (Å²) in [5.41, 5.74) is 0.720. The van der Waals surface area contributed by atoms with E-state index in [0.29, 0.717) is 11.6 Å². The van der Waals surface area contributed by atoms with Gasteiger partial charge in [0, 0.05) is 25.9 Å². The number of carbonyl (C=O) groups is 1. The van der Waals surface area contributed by atoms with Crippen LogP contribution in [-0.2, 0) is 4.74 Å². The smallest absolute Gasteiger partial charge is 0.354 e. The standard InChI is InChI=1S/C12H17N3O3/c1-8-7-10(11(16)17)14-12(13-8)15-5-3-9(18-2)4-6-15/h7,9H,3-6H2,1-2H3,(H,16,17). The first kappa shape index (κ1) is 12.8. The lowest BCUT2D eigenvalue weighted by molar-refractivity contribution is 0.0689. The number of aryl methyl sites for hydroxylation is 1. The Balaban J connectivity index is 2.16. The topological polar surface area (TPSA) is 75.5 Å². The first-order valence-corrected chi connectivity index (χ1v) is 5.97. The minimum atomic E-state index is -1.02. The van der Waals surface area contributed by atoms with Gasteiger partial charge in [0.2, 0.25) is 5.95 Å². The average Bonchev–Trinajstić information content (AvgIpc) is 2.38. The number of hydrogen-bond donors (Lipinski definition) is 1. The molecule has 1 N–H and O–H groups in total. The van der Waals surface area contributed by atoms with E-state index in [1.807, 2.05) is 4.90 Å². The van der Waals surface area contributed by atoms with Gasteiger partial charge in [-0.05, 0) is 25.8 Å². The van der Waals surface area contributed by atoms with Gasteiger partial charge in [-0.1, -0.05) is 0 Å². The van der Waals surface area contributed by atoms with Crippen LogP contribution in [0.15, 0.2) is 6.07 Å². The molecule has 1 aromatic rings. The molecule has 6 nitrogen and oxygen atoms in total. The molecule has 1 aliphatic heterocycles. The first-order chi connectivity index (χ1) is 8.60. The van der Waals surface area contributed by atoms with E-state index in [1.165, 1.54) is 6.07 Å². The van der Waals surface area contributed by atoms with E-state index < -0.39 is 5.97 Å². The van der Waals surface area contributed by atoms with E-state index >= 15 is 0 Å². The maximum atomic E-state index is 11.0. The van der Waals surface area contributed by atoms with E-state index in [2.05, 4.69) is 9.97 Å². The van der Waals surface area contributed by atoms with Crippen LogP contribution in [-0.4, -0.2) is 47.3 Å². The minimum Gasteiger partial charge on any atom is -0.477 e. The van der Waals surface area contributed by atoms with Crippen molar-refractivity contribution in [3.05, 3.63) is 17.5 Å². The van der Waals surface area contributed by atoms with Crippen molar-refractivity contribution in [1.82, 2.24) is 9.97 Å².